The van der Waals surface area contributed by atoms with Gasteiger partial charge in [-0.2, -0.15) is 5.06 Å². The van der Waals surface area contributed by atoms with Crippen LogP contribution in [0.15, 0.2) is 36.9 Å². The number of urea groups is 1. The summed E-state index contributed by atoms with van der Waals surface area (Å²) in [4.78, 5) is 32.7. The van der Waals surface area contributed by atoms with Gasteiger partial charge in [0.2, 0.25) is 5.91 Å². The van der Waals surface area contributed by atoms with Gasteiger partial charge in [0, 0.05) is 15.1 Å². The molecule has 1 fully saturated rings. The first kappa shape index (κ1) is 14.2. The highest BCUT2D eigenvalue weighted by Gasteiger charge is 2.51. The first-order valence-electron chi connectivity index (χ1n) is 7.27. The summed E-state index contributed by atoms with van der Waals surface area (Å²) in [7, 11) is 0. The third kappa shape index (κ3) is 1.90. The van der Waals surface area contributed by atoms with Crippen molar-refractivity contribution >= 4 is 33.4 Å². The molecule has 2 aliphatic heterocycles. The van der Waals surface area contributed by atoms with Crippen molar-refractivity contribution in [2.45, 2.75) is 12.1 Å². The Morgan fingerprint density at radius 2 is 2.26 bits per heavy atom. The second kappa shape index (κ2) is 5.07. The molecule has 6 nitrogen and oxygen atoms in total. The Bertz CT molecular complexity index is 831. The summed E-state index contributed by atoms with van der Waals surface area (Å²) in [6.45, 7) is 4.25. The highest BCUT2D eigenvalue weighted by atomic mass is 32.1. The minimum absolute atomic E-state index is 0.217. The van der Waals surface area contributed by atoms with E-state index in [1.54, 1.807) is 17.4 Å². The zero-order valence-electron chi connectivity index (χ0n) is 12.3. The normalized spacial score (nSPS) is 22.5. The number of benzene rings is 1. The summed E-state index contributed by atoms with van der Waals surface area (Å²) >= 11 is 1.59. The number of primary amides is 1. The van der Waals surface area contributed by atoms with Crippen molar-refractivity contribution in [2.75, 3.05) is 13.2 Å². The molecule has 3 heterocycles. The number of fused-ring (bicyclic) bond motifs is 6. The molecule has 4 rings (SSSR count). The number of nitrogens with two attached hydrogens (primary N) is 1. The van der Waals surface area contributed by atoms with Gasteiger partial charge in [0.1, 0.15) is 12.1 Å². The number of rotatable bonds is 4. The molecule has 1 aromatic heterocycles. The summed E-state index contributed by atoms with van der Waals surface area (Å²) < 4.78 is 1.08. The van der Waals surface area contributed by atoms with Gasteiger partial charge in [0.05, 0.1) is 13.2 Å². The maximum Gasteiger partial charge on any atom is 0.345 e. The lowest BCUT2D eigenvalue weighted by atomic mass is 9.95. The molecule has 0 radical (unpaired) electrons. The van der Waals surface area contributed by atoms with Crippen LogP contribution in [-0.2, 0) is 9.63 Å². The van der Waals surface area contributed by atoms with Gasteiger partial charge in [-0.1, -0.05) is 24.3 Å². The maximum atomic E-state index is 12.6. The number of carbonyl (C=O) groups is 2. The maximum absolute atomic E-state index is 12.6. The Kier molecular flexibility index (Phi) is 3.14. The molecule has 2 aromatic rings. The van der Waals surface area contributed by atoms with Gasteiger partial charge in [-0.05, 0) is 11.5 Å². The molecule has 0 saturated carbocycles. The van der Waals surface area contributed by atoms with Crippen LogP contribution in [0.1, 0.15) is 22.5 Å². The quantitative estimate of drug-likeness (QED) is 0.875. The standard InChI is InChI=1S/C16H15N3O3S/c1-2-7-22-19-10-8-18(16(19)21)13(15(17)20)12-9-5-3-4-6-11(9)23-14(10)12/h2-6,10,13H,1,7-8H2,(H2,17,20)/t10-,13+/m1/s1. The van der Waals surface area contributed by atoms with E-state index in [0.29, 0.717) is 6.54 Å². The van der Waals surface area contributed by atoms with E-state index in [2.05, 4.69) is 6.58 Å². The molecule has 2 N–H and O–H groups in total. The van der Waals surface area contributed by atoms with Crippen LogP contribution < -0.4 is 5.73 Å². The largest absolute Gasteiger partial charge is 0.368 e. The topological polar surface area (TPSA) is 75.9 Å². The summed E-state index contributed by atoms with van der Waals surface area (Å²) in [6, 6.07) is 6.56. The van der Waals surface area contributed by atoms with Gasteiger partial charge in [-0.15, -0.1) is 17.9 Å². The fourth-order valence-electron chi connectivity index (χ4n) is 3.35. The molecule has 118 valence electrons. The number of amides is 3. The minimum Gasteiger partial charge on any atom is -0.368 e. The molecule has 0 aliphatic carbocycles. The molecule has 1 saturated heterocycles. The second-order valence-corrected chi connectivity index (χ2v) is 6.63. The van der Waals surface area contributed by atoms with Crippen LogP contribution in [0.4, 0.5) is 4.79 Å². The van der Waals surface area contributed by atoms with Crippen molar-refractivity contribution in [3.05, 3.63) is 47.4 Å². The average molecular weight is 329 g/mol. The molecule has 0 spiro atoms. The van der Waals surface area contributed by atoms with Gasteiger partial charge in [0.25, 0.3) is 0 Å². The zero-order valence-corrected chi connectivity index (χ0v) is 13.1. The molecule has 1 aromatic carbocycles. The van der Waals surface area contributed by atoms with Crippen LogP contribution >= 0.6 is 11.3 Å². The van der Waals surface area contributed by atoms with Crippen LogP contribution in [0.2, 0.25) is 0 Å². The first-order valence-corrected chi connectivity index (χ1v) is 8.09. The van der Waals surface area contributed by atoms with Crippen molar-refractivity contribution in [3.8, 4) is 0 Å². The van der Waals surface area contributed by atoms with Crippen LogP contribution in [0.3, 0.4) is 0 Å². The summed E-state index contributed by atoms with van der Waals surface area (Å²) in [6.07, 6.45) is 1.59. The summed E-state index contributed by atoms with van der Waals surface area (Å²) in [5.41, 5.74) is 6.46. The predicted molar refractivity (Wildman–Crippen MR) is 86.6 cm³/mol. The van der Waals surface area contributed by atoms with E-state index in [0.717, 1.165) is 20.5 Å². The van der Waals surface area contributed by atoms with Crippen molar-refractivity contribution in [3.63, 3.8) is 0 Å². The molecule has 2 bridgehead atoms. The Morgan fingerprint density at radius 3 is 3.00 bits per heavy atom. The SMILES string of the molecule is C=CCON1C(=O)N2C[C@@H]1c1sc3ccccc3c1[C@H]2C(N)=O. The number of thiophene rings is 1. The van der Waals surface area contributed by atoms with E-state index in [1.807, 2.05) is 24.3 Å². The summed E-state index contributed by atoms with van der Waals surface area (Å²) in [5.74, 6) is -0.521. The lowest BCUT2D eigenvalue weighted by molar-refractivity contribution is -0.122. The van der Waals surface area contributed by atoms with Gasteiger partial charge in [0.15, 0.2) is 0 Å². The second-order valence-electron chi connectivity index (χ2n) is 5.54. The molecular weight excluding hydrogens is 314 g/mol. The van der Waals surface area contributed by atoms with Gasteiger partial charge < -0.3 is 10.6 Å². The van der Waals surface area contributed by atoms with E-state index in [9.17, 15) is 9.59 Å². The Hall–Kier alpha value is -2.38. The lowest BCUT2D eigenvalue weighted by Gasteiger charge is -2.28. The predicted octanol–water partition coefficient (Wildman–Crippen LogP) is 2.34. The number of nitrogens with zero attached hydrogens (tertiary/aromatic N) is 2. The van der Waals surface area contributed by atoms with Gasteiger partial charge in [-0.25, -0.2) is 4.79 Å². The van der Waals surface area contributed by atoms with E-state index >= 15 is 0 Å². The minimum atomic E-state index is -0.748. The number of carbonyl (C=O) groups excluding carboxylic acids is 2. The smallest absolute Gasteiger partial charge is 0.345 e. The van der Waals surface area contributed by atoms with E-state index in [1.165, 1.54) is 9.96 Å². The lowest BCUT2D eigenvalue weighted by Crippen LogP contribution is -2.41. The van der Waals surface area contributed by atoms with Crippen LogP contribution in [0, 0.1) is 0 Å². The molecule has 23 heavy (non-hydrogen) atoms. The molecule has 7 heteroatoms. The third-order valence-electron chi connectivity index (χ3n) is 4.24. The van der Waals surface area contributed by atoms with Crippen LogP contribution in [0.25, 0.3) is 10.1 Å². The molecule has 2 aliphatic rings. The molecule has 3 amide bonds. The van der Waals surface area contributed by atoms with Crippen molar-refractivity contribution in [1.82, 2.24) is 9.96 Å². The van der Waals surface area contributed by atoms with Crippen molar-refractivity contribution in [1.29, 1.82) is 0 Å². The molecule has 2 atom stereocenters. The van der Waals surface area contributed by atoms with Gasteiger partial charge >= 0.3 is 6.03 Å². The number of hydrogen-bond acceptors (Lipinski definition) is 4. The highest BCUT2D eigenvalue weighted by molar-refractivity contribution is 7.19. The number of hydroxylamine groups is 2. The molecular formula is C16H15N3O3S. The van der Waals surface area contributed by atoms with Crippen LogP contribution in [-0.4, -0.2) is 35.1 Å². The Labute approximate surface area is 136 Å². The van der Waals surface area contributed by atoms with E-state index < -0.39 is 11.9 Å². The zero-order chi connectivity index (χ0) is 16.1. The highest BCUT2D eigenvalue weighted by Crippen LogP contribution is 2.50. The van der Waals surface area contributed by atoms with Crippen molar-refractivity contribution in [2.24, 2.45) is 5.73 Å². The monoisotopic (exact) mass is 329 g/mol. The fourth-order valence-corrected chi connectivity index (χ4v) is 4.66. The fraction of sp³-hybridized carbons (Fsp3) is 0.250. The molecule has 0 unspecified atom stereocenters. The Morgan fingerprint density at radius 1 is 1.48 bits per heavy atom. The number of hydrogen-bond donors (Lipinski definition) is 1. The van der Waals surface area contributed by atoms with E-state index in [4.69, 9.17) is 10.6 Å². The average Bonchev–Trinajstić information content (AvgIpc) is 3.05. The summed E-state index contributed by atoms with van der Waals surface area (Å²) in [5, 5.41) is 2.32. The first-order chi connectivity index (χ1) is 11.1. The van der Waals surface area contributed by atoms with Crippen LogP contribution in [0.5, 0.6) is 0 Å². The third-order valence-corrected chi connectivity index (χ3v) is 5.53. The van der Waals surface area contributed by atoms with Gasteiger partial charge in [-0.3, -0.25) is 9.63 Å². The Balaban J connectivity index is 1.91. The van der Waals surface area contributed by atoms with Crippen molar-refractivity contribution < 1.29 is 14.4 Å². The van der Waals surface area contributed by atoms with E-state index in [-0.39, 0.29) is 18.7 Å².